The molecule has 2 rings (SSSR count). The zero-order valence-corrected chi connectivity index (χ0v) is 32.2. The normalized spacial score (nSPS) is 16.0. The van der Waals surface area contributed by atoms with Gasteiger partial charge in [-0.15, -0.1) is 0 Å². The zero-order chi connectivity index (χ0) is 39.6. The van der Waals surface area contributed by atoms with E-state index in [2.05, 4.69) is 16.0 Å². The van der Waals surface area contributed by atoms with Crippen molar-refractivity contribution < 1.29 is 38.7 Å². The van der Waals surface area contributed by atoms with Gasteiger partial charge in [-0.3, -0.25) is 38.5 Å². The first-order chi connectivity index (χ1) is 24.1. The van der Waals surface area contributed by atoms with Gasteiger partial charge < -0.3 is 26.0 Å². The Morgan fingerprint density at radius 3 is 1.98 bits per heavy atom. The quantitative estimate of drug-likeness (QED) is 0.123. The molecule has 0 saturated carbocycles. The lowest BCUT2D eigenvalue weighted by molar-refractivity contribution is -0.141. The van der Waals surface area contributed by atoms with Gasteiger partial charge in [0, 0.05) is 49.6 Å². The molecule has 13 heteroatoms. The van der Waals surface area contributed by atoms with Gasteiger partial charge >= 0.3 is 5.97 Å². The van der Waals surface area contributed by atoms with E-state index >= 15 is 0 Å². The van der Waals surface area contributed by atoms with Crippen LogP contribution < -0.4 is 16.0 Å². The second kappa shape index (κ2) is 18.7. The molecule has 4 N–H and O–H groups in total. The lowest BCUT2D eigenvalue weighted by Gasteiger charge is -2.40. The maximum absolute atomic E-state index is 14.2. The molecule has 0 unspecified atom stereocenters. The van der Waals surface area contributed by atoms with Crippen molar-refractivity contribution in [2.45, 2.75) is 111 Å². The van der Waals surface area contributed by atoms with Gasteiger partial charge in [-0.1, -0.05) is 84.9 Å². The number of nitrogens with zero attached hydrogens (tertiary/aromatic N) is 2. The number of Topliss-reactive ketones (excluding diaryl/α,β-unsaturated/α-hetero) is 1. The molecule has 5 amide bonds. The van der Waals surface area contributed by atoms with Crippen LogP contribution in [0.15, 0.2) is 54.1 Å². The standard InChI is InChI=1S/C39H57N5O8/c1-24(2)28(23-25(3)35(50)41-27(18-21-32(48)49)29(45)17-14-22-44-30(46)19-20-31(44)47)43(10)37(52)34(38(4,5)6)42-36(51)33(40-9)39(7,8)26-15-12-11-13-16-26/h11-13,15-16,19-20,23-24,27-28,33-34,40H,14,17-18,21-22H2,1-10H3,(H,41,50)(H,42,51)(H,48,49)/b25-23+/t27-,28+,33+,34+/m0/s1. The summed E-state index contributed by atoms with van der Waals surface area (Å²) in [6.07, 6.45) is 3.48. The fourth-order valence-electron chi connectivity index (χ4n) is 6.25. The van der Waals surface area contributed by atoms with Crippen molar-refractivity contribution in [2.24, 2.45) is 11.3 Å². The molecule has 1 aromatic rings. The van der Waals surface area contributed by atoms with Crippen LogP contribution in [0.25, 0.3) is 0 Å². The molecule has 286 valence electrons. The number of carbonyl (C=O) groups excluding carboxylic acids is 6. The first-order valence-corrected chi connectivity index (χ1v) is 17.7. The molecule has 0 fully saturated rings. The summed E-state index contributed by atoms with van der Waals surface area (Å²) in [6.45, 7) is 14.9. The third-order valence-electron chi connectivity index (χ3n) is 9.49. The van der Waals surface area contributed by atoms with Gasteiger partial charge in [-0.25, -0.2) is 0 Å². The SMILES string of the molecule is CN[C@H](C(=O)N[C@H](C(=O)N(C)[C@H](/C=C(\C)C(=O)N[C@@H](CCC(=O)O)C(=O)CCCN1C(=O)C=CC1=O)C(C)C)C(C)(C)C)C(C)(C)c1ccccc1. The summed E-state index contributed by atoms with van der Waals surface area (Å²) >= 11 is 0. The van der Waals surface area contributed by atoms with Crippen LogP contribution in [-0.4, -0.2) is 101 Å². The molecule has 13 nitrogen and oxygen atoms in total. The van der Waals surface area contributed by atoms with E-state index in [1.807, 2.05) is 78.8 Å². The molecule has 1 aliphatic heterocycles. The number of rotatable bonds is 19. The average Bonchev–Trinajstić information content (AvgIpc) is 3.39. The number of hydrogen-bond donors (Lipinski definition) is 4. The van der Waals surface area contributed by atoms with Gasteiger partial charge in [0.1, 0.15) is 6.04 Å². The number of benzene rings is 1. The maximum atomic E-state index is 14.2. The van der Waals surface area contributed by atoms with Gasteiger partial charge in [-0.2, -0.15) is 0 Å². The molecule has 1 aromatic carbocycles. The van der Waals surface area contributed by atoms with Crippen molar-refractivity contribution in [3.63, 3.8) is 0 Å². The highest BCUT2D eigenvalue weighted by Gasteiger charge is 2.41. The fraction of sp³-hybridized carbons (Fsp3) is 0.564. The predicted octanol–water partition coefficient (Wildman–Crippen LogP) is 3.14. The number of carboxylic acids is 1. The van der Waals surface area contributed by atoms with Crippen LogP contribution in [0.5, 0.6) is 0 Å². The molecule has 52 heavy (non-hydrogen) atoms. The number of likely N-dealkylation sites (N-methyl/N-ethyl adjacent to an activating group) is 2. The molecule has 0 aromatic heterocycles. The predicted molar refractivity (Wildman–Crippen MR) is 198 cm³/mol. The molecular formula is C39H57N5O8. The van der Waals surface area contributed by atoms with Gasteiger partial charge in [0.25, 0.3) is 11.8 Å². The van der Waals surface area contributed by atoms with Crippen molar-refractivity contribution in [3.05, 3.63) is 59.7 Å². The van der Waals surface area contributed by atoms with Crippen LogP contribution in [0.3, 0.4) is 0 Å². The molecule has 4 atom stereocenters. The largest absolute Gasteiger partial charge is 0.481 e. The molecule has 0 radical (unpaired) electrons. The number of amides is 5. The third kappa shape index (κ3) is 11.7. The number of ketones is 1. The van der Waals surface area contributed by atoms with Crippen molar-refractivity contribution in [1.29, 1.82) is 0 Å². The fourth-order valence-corrected chi connectivity index (χ4v) is 6.25. The molecule has 1 heterocycles. The number of aliphatic carboxylic acids is 1. The first kappa shape index (κ1) is 43.5. The average molecular weight is 724 g/mol. The van der Waals surface area contributed by atoms with Gasteiger partial charge in [0.2, 0.25) is 17.7 Å². The summed E-state index contributed by atoms with van der Waals surface area (Å²) in [5, 5.41) is 18.1. The number of carbonyl (C=O) groups is 7. The van der Waals surface area contributed by atoms with Gasteiger partial charge in [-0.05, 0) is 43.7 Å². The second-order valence-corrected chi connectivity index (χ2v) is 15.3. The highest BCUT2D eigenvalue weighted by atomic mass is 16.4. The van der Waals surface area contributed by atoms with E-state index in [9.17, 15) is 38.7 Å². The highest BCUT2D eigenvalue weighted by Crippen LogP contribution is 2.29. The van der Waals surface area contributed by atoms with Crippen LogP contribution >= 0.6 is 0 Å². The Labute approximate surface area is 307 Å². The lowest BCUT2D eigenvalue weighted by atomic mass is 9.76. The van der Waals surface area contributed by atoms with E-state index in [1.54, 1.807) is 27.1 Å². The summed E-state index contributed by atoms with van der Waals surface area (Å²) < 4.78 is 0. The minimum atomic E-state index is -1.14. The van der Waals surface area contributed by atoms with E-state index in [4.69, 9.17) is 0 Å². The molecule has 0 aliphatic carbocycles. The number of carboxylic acid groups (broad SMARTS) is 1. The molecule has 1 aliphatic rings. The molecule has 0 spiro atoms. The van der Waals surface area contributed by atoms with E-state index in [1.165, 1.54) is 4.90 Å². The maximum Gasteiger partial charge on any atom is 0.303 e. The van der Waals surface area contributed by atoms with E-state index in [0.29, 0.717) is 0 Å². The number of nitrogens with one attached hydrogen (secondary N) is 3. The summed E-state index contributed by atoms with van der Waals surface area (Å²) in [5.41, 5.74) is -0.129. The molecule has 0 bridgehead atoms. The number of imide groups is 1. The smallest absolute Gasteiger partial charge is 0.303 e. The minimum absolute atomic E-state index is 0.0157. The van der Waals surface area contributed by atoms with Crippen LogP contribution in [0.2, 0.25) is 0 Å². The molecular weight excluding hydrogens is 666 g/mol. The number of hydrogen-bond acceptors (Lipinski definition) is 8. The van der Waals surface area contributed by atoms with Crippen LogP contribution in [-0.2, 0) is 39.0 Å². The van der Waals surface area contributed by atoms with Crippen LogP contribution in [0.4, 0.5) is 0 Å². The van der Waals surface area contributed by atoms with E-state index in [-0.39, 0.29) is 55.5 Å². The Kier molecular flexibility index (Phi) is 15.7. The Bertz CT molecular complexity index is 1520. The first-order valence-electron chi connectivity index (χ1n) is 17.7. The topological polar surface area (TPSA) is 182 Å². The Morgan fingerprint density at radius 2 is 1.48 bits per heavy atom. The zero-order valence-electron chi connectivity index (χ0n) is 32.2. The van der Waals surface area contributed by atoms with Crippen molar-refractivity contribution in [3.8, 4) is 0 Å². The van der Waals surface area contributed by atoms with E-state index in [0.717, 1.165) is 22.6 Å². The van der Waals surface area contributed by atoms with Crippen LogP contribution in [0.1, 0.15) is 86.6 Å². The van der Waals surface area contributed by atoms with Gasteiger partial charge in [0.05, 0.1) is 18.1 Å². The summed E-state index contributed by atoms with van der Waals surface area (Å²) in [6, 6.07) is 6.37. The van der Waals surface area contributed by atoms with Crippen molar-refractivity contribution in [2.75, 3.05) is 20.6 Å². The summed E-state index contributed by atoms with van der Waals surface area (Å²) in [7, 11) is 3.33. The lowest BCUT2D eigenvalue weighted by Crippen LogP contribution is -2.61. The minimum Gasteiger partial charge on any atom is -0.481 e. The summed E-state index contributed by atoms with van der Waals surface area (Å²) in [4.78, 5) is 92.1. The Morgan fingerprint density at radius 1 is 0.904 bits per heavy atom. The summed E-state index contributed by atoms with van der Waals surface area (Å²) in [5.74, 6) is -3.96. The Hall–Kier alpha value is -4.65. The second-order valence-electron chi connectivity index (χ2n) is 15.3. The van der Waals surface area contributed by atoms with Gasteiger partial charge in [0.15, 0.2) is 5.78 Å². The van der Waals surface area contributed by atoms with Crippen molar-refractivity contribution >= 4 is 41.3 Å². The van der Waals surface area contributed by atoms with Crippen molar-refractivity contribution in [1.82, 2.24) is 25.8 Å². The van der Waals surface area contributed by atoms with Crippen LogP contribution in [0, 0.1) is 11.3 Å². The molecule has 0 saturated heterocycles. The third-order valence-corrected chi connectivity index (χ3v) is 9.49. The highest BCUT2D eigenvalue weighted by molar-refractivity contribution is 6.12. The monoisotopic (exact) mass is 723 g/mol. The Balaban J connectivity index is 2.25. The van der Waals surface area contributed by atoms with E-state index < -0.39 is 64.5 Å².